The lowest BCUT2D eigenvalue weighted by Gasteiger charge is -2.26. The summed E-state index contributed by atoms with van der Waals surface area (Å²) in [5, 5.41) is 20.1. The highest BCUT2D eigenvalue weighted by Crippen LogP contribution is 2.56. The van der Waals surface area contributed by atoms with Crippen LogP contribution >= 0.6 is 0 Å². The smallest absolute Gasteiger partial charge is 0.0634 e. The van der Waals surface area contributed by atoms with Crippen LogP contribution in [0.15, 0.2) is 206 Å². The van der Waals surface area contributed by atoms with Crippen LogP contribution in [0.1, 0.15) is 211 Å². The highest BCUT2D eigenvalue weighted by Gasteiger charge is 2.33. The standard InChI is InChI=1S/C104H106N2/c1-97(2,3)67-41-61(42-68(55-67)98(4,5)6)59-37-39-87-81(49-59)83-51-65(63-45-71(101(13,14)15)57-72(46-63)102(16,17)18)53-85-91-92-86-54-66(64-47-73(103(19,20)21)58-74(48-64)104(22,23)24)52-84-82-50-60(62-43-69(99(7,8)9)56-70(44-62)100(10,11)12)38-40-88(82)106(94(84)86)96(92)90-80-36-30-28-34-78(80)76-32-26-25-31-75(76)77-33-27-29-35-79(77)89(90)95(91)105(87)93(83)85/h25-58H,1-24H3. The molecular formula is C104H106N2. The molecule has 4 heterocycles. The Balaban J connectivity index is 1.16. The van der Waals surface area contributed by atoms with E-state index in [0.717, 1.165) is 0 Å². The largest absolute Gasteiger partial charge is 0.307 e. The quantitative estimate of drug-likeness (QED) is 0.166. The van der Waals surface area contributed by atoms with Crippen molar-refractivity contribution in [1.29, 1.82) is 0 Å². The third-order valence-electron chi connectivity index (χ3n) is 24.0. The molecule has 2 heteroatoms. The van der Waals surface area contributed by atoms with Crippen molar-refractivity contribution in [2.45, 2.75) is 209 Å². The third kappa shape index (κ3) is 11.0. The molecule has 0 aliphatic carbocycles. The lowest BCUT2D eigenvalue weighted by molar-refractivity contribution is 0.568. The number of fused-ring (bicyclic) bond motifs is 23. The van der Waals surface area contributed by atoms with Crippen LogP contribution < -0.4 is 0 Å². The van der Waals surface area contributed by atoms with Crippen LogP contribution in [0.5, 0.6) is 0 Å². The Kier molecular flexibility index (Phi) is 15.0. The minimum absolute atomic E-state index is 0.0491. The minimum Gasteiger partial charge on any atom is -0.307 e. The molecule has 0 unspecified atom stereocenters. The van der Waals surface area contributed by atoms with E-state index in [2.05, 4.69) is 381 Å². The van der Waals surface area contributed by atoms with Crippen LogP contribution in [0.4, 0.5) is 0 Å². The molecule has 2 nitrogen and oxygen atoms in total. The first-order chi connectivity index (χ1) is 49.6. The van der Waals surface area contributed by atoms with E-state index >= 15 is 0 Å². The number of aromatic nitrogens is 2. The molecule has 0 amide bonds. The molecule has 17 aromatic rings. The summed E-state index contributed by atoms with van der Waals surface area (Å²) >= 11 is 0. The van der Waals surface area contributed by atoms with Gasteiger partial charge in [0.05, 0.1) is 33.1 Å². The van der Waals surface area contributed by atoms with Crippen LogP contribution in [0.3, 0.4) is 0 Å². The van der Waals surface area contributed by atoms with E-state index in [1.807, 2.05) is 0 Å². The van der Waals surface area contributed by atoms with Gasteiger partial charge in [-0.05, 0) is 213 Å². The van der Waals surface area contributed by atoms with Crippen molar-refractivity contribution in [3.05, 3.63) is 251 Å². The maximum absolute atomic E-state index is 2.76. The van der Waals surface area contributed by atoms with Crippen LogP contribution in [0, 0.1) is 0 Å². The molecule has 0 N–H and O–H groups in total. The third-order valence-corrected chi connectivity index (χ3v) is 24.0. The molecule has 0 saturated carbocycles. The van der Waals surface area contributed by atoms with Crippen molar-refractivity contribution in [2.75, 3.05) is 0 Å². The van der Waals surface area contributed by atoms with E-state index in [4.69, 9.17) is 0 Å². The van der Waals surface area contributed by atoms with Crippen molar-refractivity contribution in [3.63, 3.8) is 0 Å². The van der Waals surface area contributed by atoms with Crippen LogP contribution in [-0.4, -0.2) is 8.80 Å². The predicted octanol–water partition coefficient (Wildman–Crippen LogP) is 30.2. The van der Waals surface area contributed by atoms with Gasteiger partial charge < -0.3 is 8.80 Å². The Morgan fingerprint density at radius 1 is 0.160 bits per heavy atom. The molecule has 0 saturated heterocycles. The lowest BCUT2D eigenvalue weighted by Crippen LogP contribution is -2.16. The van der Waals surface area contributed by atoms with Crippen molar-refractivity contribution in [1.82, 2.24) is 8.80 Å². The highest BCUT2D eigenvalue weighted by atomic mass is 14.9. The zero-order chi connectivity index (χ0) is 75.1. The lowest BCUT2D eigenvalue weighted by atomic mass is 9.78. The summed E-state index contributed by atoms with van der Waals surface area (Å²) in [5.74, 6) is 0. The molecule has 4 aromatic heterocycles. The molecule has 0 fully saturated rings. The zero-order valence-corrected chi connectivity index (χ0v) is 67.5. The van der Waals surface area contributed by atoms with Gasteiger partial charge in [-0.1, -0.05) is 324 Å². The van der Waals surface area contributed by atoms with Crippen LogP contribution in [-0.2, 0) is 43.3 Å². The van der Waals surface area contributed by atoms with E-state index in [9.17, 15) is 0 Å². The van der Waals surface area contributed by atoms with E-state index in [1.54, 1.807) is 0 Å². The molecule has 17 rings (SSSR count). The van der Waals surface area contributed by atoms with Gasteiger partial charge in [-0.2, -0.15) is 0 Å². The fourth-order valence-electron chi connectivity index (χ4n) is 17.5. The summed E-state index contributed by atoms with van der Waals surface area (Å²) in [5.41, 5.74) is 27.6. The van der Waals surface area contributed by atoms with Gasteiger partial charge in [0.1, 0.15) is 0 Å². The van der Waals surface area contributed by atoms with Crippen molar-refractivity contribution in [2.24, 2.45) is 0 Å². The van der Waals surface area contributed by atoms with Gasteiger partial charge in [0.25, 0.3) is 0 Å². The number of benzene rings is 12. The first kappa shape index (κ1) is 69.3. The predicted molar refractivity (Wildman–Crippen MR) is 466 cm³/mol. The fourth-order valence-corrected chi connectivity index (χ4v) is 17.5. The Hall–Kier alpha value is -9.76. The van der Waals surface area contributed by atoms with Crippen molar-refractivity contribution >= 4 is 119 Å². The topological polar surface area (TPSA) is 8.82 Å². The number of rotatable bonds is 4. The average molecular weight is 1380 g/mol. The van der Waals surface area contributed by atoms with Crippen LogP contribution in [0.2, 0.25) is 0 Å². The van der Waals surface area contributed by atoms with E-state index < -0.39 is 0 Å². The molecule has 106 heavy (non-hydrogen) atoms. The minimum atomic E-state index is -0.0966. The summed E-state index contributed by atoms with van der Waals surface area (Å²) in [6.07, 6.45) is 0. The Labute approximate surface area is 628 Å². The second-order valence-corrected chi connectivity index (χ2v) is 40.0. The molecule has 0 aliphatic heterocycles. The van der Waals surface area contributed by atoms with Gasteiger partial charge in [0, 0.05) is 53.9 Å². The second kappa shape index (κ2) is 22.9. The number of hydrogen-bond acceptors (Lipinski definition) is 0. The Bertz CT molecular complexity index is 6070. The van der Waals surface area contributed by atoms with Gasteiger partial charge in [-0.15, -0.1) is 0 Å². The summed E-state index contributed by atoms with van der Waals surface area (Å²) in [6, 6.07) is 83.3. The SMILES string of the molecule is CC(C)(C)c1cc(-c2ccc3c(c2)c2cc(-c4cc(C(C)(C)C)cc(C(C)(C)C)c4)cc4c5c6c7cc(-c8cc(C(C)(C)C)cc(C(C)(C)C)c8)cc8c9cc(-c%10cc(C(C)(C)C)cc(C(C)(C)C)c%10)ccc9n(c87)c6c6c7ccccc7c7ccccc7c7ccccc7c6c5n3c24)cc(C(C)(C)C)c1. The maximum Gasteiger partial charge on any atom is 0.0634 e. The number of hydrogen-bond donors (Lipinski definition) is 0. The van der Waals surface area contributed by atoms with E-state index in [1.165, 1.54) is 208 Å². The Morgan fingerprint density at radius 3 is 0.613 bits per heavy atom. The molecule has 0 radical (unpaired) electrons. The summed E-state index contributed by atoms with van der Waals surface area (Å²) in [7, 11) is 0. The normalized spacial score (nSPS) is 13.7. The molecule has 532 valence electrons. The highest BCUT2D eigenvalue weighted by molar-refractivity contribution is 6.47. The first-order valence-electron chi connectivity index (χ1n) is 39.0. The second-order valence-electron chi connectivity index (χ2n) is 40.0. The molecule has 0 atom stereocenters. The average Bonchev–Trinajstić information content (AvgIpc) is 1.48. The van der Waals surface area contributed by atoms with Crippen molar-refractivity contribution in [3.8, 4) is 44.5 Å². The molecule has 0 aliphatic rings. The Morgan fingerprint density at radius 2 is 0.358 bits per heavy atom. The van der Waals surface area contributed by atoms with Gasteiger partial charge in [-0.3, -0.25) is 0 Å². The molecule has 13 aromatic carbocycles. The first-order valence-corrected chi connectivity index (χ1v) is 39.0. The molecule has 0 spiro atoms. The van der Waals surface area contributed by atoms with Crippen molar-refractivity contribution < 1.29 is 0 Å². The van der Waals surface area contributed by atoms with E-state index in [-0.39, 0.29) is 43.3 Å². The zero-order valence-electron chi connectivity index (χ0n) is 67.5. The molecular weight excluding hydrogens is 1280 g/mol. The van der Waals surface area contributed by atoms with E-state index in [0.29, 0.717) is 0 Å². The fraction of sp³-hybridized carbons (Fsp3) is 0.308. The van der Waals surface area contributed by atoms with Gasteiger partial charge in [-0.25, -0.2) is 0 Å². The monoisotopic (exact) mass is 1380 g/mol. The molecule has 0 bridgehead atoms. The van der Waals surface area contributed by atoms with Crippen LogP contribution in [0.25, 0.3) is 164 Å². The number of nitrogens with zero attached hydrogens (tertiary/aromatic N) is 2. The summed E-state index contributed by atoms with van der Waals surface area (Å²) < 4.78 is 5.51. The van der Waals surface area contributed by atoms with Gasteiger partial charge in [0.15, 0.2) is 0 Å². The van der Waals surface area contributed by atoms with Gasteiger partial charge >= 0.3 is 0 Å². The summed E-state index contributed by atoms with van der Waals surface area (Å²) in [6.45, 7) is 56.9. The van der Waals surface area contributed by atoms with Gasteiger partial charge in [0.2, 0.25) is 0 Å². The maximum atomic E-state index is 2.76. The summed E-state index contributed by atoms with van der Waals surface area (Å²) in [4.78, 5) is 0.